The summed E-state index contributed by atoms with van der Waals surface area (Å²) in [4.78, 5) is 32.2. The summed E-state index contributed by atoms with van der Waals surface area (Å²) in [5, 5.41) is 13.0. The number of nitrogens with zero attached hydrogens (tertiary/aromatic N) is 4. The molecule has 1 saturated carbocycles. The second kappa shape index (κ2) is 12.5. The lowest BCUT2D eigenvalue weighted by Crippen LogP contribution is -2.38. The second-order valence-corrected chi connectivity index (χ2v) is 13.6. The van der Waals surface area contributed by atoms with Gasteiger partial charge in [-0.2, -0.15) is 18.3 Å². The number of carboxylic acids is 1. The largest absolute Gasteiger partial charge is 0.489 e. The van der Waals surface area contributed by atoms with Gasteiger partial charge in [0, 0.05) is 29.4 Å². The Bertz CT molecular complexity index is 1770. The Labute approximate surface area is 268 Å². The second-order valence-electron chi connectivity index (χ2n) is 12.3. The van der Waals surface area contributed by atoms with Crippen LogP contribution in [0.2, 0.25) is 0 Å². The molecule has 1 amide bonds. The number of hydrogen-bond acceptors (Lipinski definition) is 6. The van der Waals surface area contributed by atoms with E-state index < -0.39 is 23.4 Å². The van der Waals surface area contributed by atoms with Gasteiger partial charge in [0.15, 0.2) is 11.5 Å². The molecule has 0 unspecified atom stereocenters. The van der Waals surface area contributed by atoms with Gasteiger partial charge < -0.3 is 14.7 Å². The van der Waals surface area contributed by atoms with Crippen LogP contribution in [-0.2, 0) is 17.6 Å². The molecule has 6 rings (SSSR count). The molecule has 0 spiro atoms. The maximum absolute atomic E-state index is 13.8. The van der Waals surface area contributed by atoms with E-state index in [4.69, 9.17) is 4.74 Å². The molecule has 4 aromatic rings. The van der Waals surface area contributed by atoms with Gasteiger partial charge in [-0.05, 0) is 85.9 Å². The molecule has 0 bridgehead atoms. The third kappa shape index (κ3) is 6.53. The zero-order valence-corrected chi connectivity index (χ0v) is 26.6. The number of amides is 1. The summed E-state index contributed by atoms with van der Waals surface area (Å²) in [7, 11) is 0. The molecule has 1 N–H and O–H groups in total. The van der Waals surface area contributed by atoms with Crippen LogP contribution in [0.4, 0.5) is 13.2 Å². The Morgan fingerprint density at radius 1 is 1.09 bits per heavy atom. The fourth-order valence-corrected chi connectivity index (χ4v) is 7.18. The van der Waals surface area contributed by atoms with E-state index in [0.29, 0.717) is 28.4 Å². The first-order chi connectivity index (χ1) is 21.9. The third-order valence-corrected chi connectivity index (χ3v) is 9.75. The number of aromatic carboxylic acids is 1. The van der Waals surface area contributed by atoms with Crippen molar-refractivity contribution >= 4 is 23.2 Å². The molecular weight excluding hydrogens is 617 g/mol. The maximum atomic E-state index is 13.8. The summed E-state index contributed by atoms with van der Waals surface area (Å²) in [6.45, 7) is 8.08. The summed E-state index contributed by atoms with van der Waals surface area (Å²) in [5.74, 6) is 0.0862. The first-order valence-electron chi connectivity index (χ1n) is 15.4. The highest BCUT2D eigenvalue weighted by atomic mass is 32.1. The average molecular weight is 653 g/mol. The fraction of sp³-hybridized carbons (Fsp3) is 0.412. The van der Waals surface area contributed by atoms with Crippen LogP contribution >= 0.6 is 11.3 Å². The van der Waals surface area contributed by atoms with Crippen molar-refractivity contribution in [2.24, 2.45) is 5.92 Å². The average Bonchev–Trinajstić information content (AvgIpc) is 3.65. The number of alkyl halides is 3. The lowest BCUT2D eigenvalue weighted by atomic mass is 9.83. The minimum absolute atomic E-state index is 0.143. The number of aryl methyl sites for hydroxylation is 1. The van der Waals surface area contributed by atoms with Crippen LogP contribution in [0, 0.1) is 12.8 Å². The molecule has 2 aliphatic rings. The number of hydrogen-bond donors (Lipinski definition) is 1. The Hall–Kier alpha value is -4.19. The highest BCUT2D eigenvalue weighted by Gasteiger charge is 2.41. The lowest BCUT2D eigenvalue weighted by Gasteiger charge is -2.33. The van der Waals surface area contributed by atoms with Gasteiger partial charge >= 0.3 is 12.1 Å². The van der Waals surface area contributed by atoms with Crippen LogP contribution in [0.25, 0.3) is 16.4 Å². The number of pyridine rings is 1. The van der Waals surface area contributed by atoms with Crippen molar-refractivity contribution in [1.82, 2.24) is 19.7 Å². The van der Waals surface area contributed by atoms with Crippen molar-refractivity contribution in [1.29, 1.82) is 0 Å². The predicted molar refractivity (Wildman–Crippen MR) is 168 cm³/mol. The van der Waals surface area contributed by atoms with Gasteiger partial charge in [-0.15, -0.1) is 11.3 Å². The number of benzene rings is 1. The van der Waals surface area contributed by atoms with Gasteiger partial charge in [-0.1, -0.05) is 26.0 Å². The van der Waals surface area contributed by atoms with Crippen molar-refractivity contribution in [3.8, 4) is 22.1 Å². The molecule has 4 heterocycles. The van der Waals surface area contributed by atoms with Crippen LogP contribution in [0.15, 0.2) is 48.7 Å². The molecule has 1 aliphatic carbocycles. The SMILES string of the molecule is Cc1cc(COc2ccc(C3CCN(C(=O)C4CC4)CC3)c(C(C)C)c2)c(-c2cccc(-n3ncc(C(=O)O)c3C(F)(F)F)n2)s1. The standard InChI is InChI=1S/C34H35F3N4O4S/c1-19(2)26-16-24(9-10-25(26)21-11-13-40(14-12-21)32(42)22-7-8-22)45-18-23-15-20(3)46-30(23)28-5-4-6-29(39-28)41-31(34(35,36)37)27(17-38-41)33(43)44/h4-6,9-10,15-17,19,21-22H,7-8,11-14,18H2,1-3H3,(H,43,44). The van der Waals surface area contributed by atoms with Crippen molar-refractivity contribution in [3.05, 3.63) is 81.5 Å². The monoisotopic (exact) mass is 652 g/mol. The molecule has 0 radical (unpaired) electrons. The topological polar surface area (TPSA) is 97.6 Å². The van der Waals surface area contributed by atoms with Crippen molar-refractivity contribution in [2.75, 3.05) is 13.1 Å². The van der Waals surface area contributed by atoms with Crippen LogP contribution < -0.4 is 4.74 Å². The van der Waals surface area contributed by atoms with E-state index in [-0.39, 0.29) is 24.3 Å². The number of carboxylic acid groups (broad SMARTS) is 1. The number of halogens is 3. The number of thiophene rings is 1. The van der Waals surface area contributed by atoms with Crippen LogP contribution in [-0.4, -0.2) is 49.7 Å². The van der Waals surface area contributed by atoms with Crippen molar-refractivity contribution in [2.45, 2.75) is 71.1 Å². The first-order valence-corrected chi connectivity index (χ1v) is 16.2. The van der Waals surface area contributed by atoms with Crippen molar-refractivity contribution in [3.63, 3.8) is 0 Å². The molecule has 2 fully saturated rings. The van der Waals surface area contributed by atoms with E-state index in [9.17, 15) is 27.9 Å². The maximum Gasteiger partial charge on any atom is 0.434 e. The summed E-state index contributed by atoms with van der Waals surface area (Å²) in [5.41, 5.74) is 1.45. The van der Waals surface area contributed by atoms with Crippen LogP contribution in [0.3, 0.4) is 0 Å². The summed E-state index contributed by atoms with van der Waals surface area (Å²) >= 11 is 1.45. The third-order valence-electron chi connectivity index (χ3n) is 8.63. The Balaban J connectivity index is 1.21. The number of aromatic nitrogens is 3. The zero-order chi connectivity index (χ0) is 32.7. The number of piperidine rings is 1. The predicted octanol–water partition coefficient (Wildman–Crippen LogP) is 7.84. The number of carbonyl (C=O) groups is 2. The highest BCUT2D eigenvalue weighted by molar-refractivity contribution is 7.15. The quantitative estimate of drug-likeness (QED) is 0.198. The van der Waals surface area contributed by atoms with E-state index in [1.165, 1.54) is 28.5 Å². The number of ether oxygens (including phenoxy) is 1. The van der Waals surface area contributed by atoms with E-state index in [1.807, 2.05) is 24.0 Å². The van der Waals surface area contributed by atoms with Gasteiger partial charge in [-0.25, -0.2) is 14.5 Å². The normalized spacial score (nSPS) is 15.8. The molecule has 1 aliphatic heterocycles. The first kappa shape index (κ1) is 31.8. The van der Waals surface area contributed by atoms with Gasteiger partial charge in [0.25, 0.3) is 0 Å². The molecule has 1 saturated heterocycles. The Morgan fingerprint density at radius 2 is 1.83 bits per heavy atom. The Kier molecular flexibility index (Phi) is 8.66. The van der Waals surface area contributed by atoms with Gasteiger partial charge in [0.05, 0.1) is 16.8 Å². The number of likely N-dealkylation sites (tertiary alicyclic amines) is 1. The molecule has 8 nitrogen and oxygen atoms in total. The van der Waals surface area contributed by atoms with E-state index in [0.717, 1.165) is 59.8 Å². The molecule has 242 valence electrons. The minimum Gasteiger partial charge on any atom is -0.489 e. The summed E-state index contributed by atoms with van der Waals surface area (Å²) in [6.07, 6.45) is -0.320. The van der Waals surface area contributed by atoms with Gasteiger partial charge in [-0.3, -0.25) is 4.79 Å². The number of carbonyl (C=O) groups excluding carboxylic acids is 1. The van der Waals surface area contributed by atoms with Crippen molar-refractivity contribution < 1.29 is 32.6 Å². The molecule has 12 heteroatoms. The van der Waals surface area contributed by atoms with Crippen LogP contribution in [0.1, 0.15) is 89.0 Å². The molecule has 0 atom stereocenters. The highest BCUT2D eigenvalue weighted by Crippen LogP contribution is 2.39. The van der Waals surface area contributed by atoms with Gasteiger partial charge in [0.1, 0.15) is 17.9 Å². The number of rotatable bonds is 9. The van der Waals surface area contributed by atoms with Crippen LogP contribution in [0.5, 0.6) is 5.75 Å². The molecule has 1 aromatic carbocycles. The Morgan fingerprint density at radius 3 is 2.48 bits per heavy atom. The fourth-order valence-electron chi connectivity index (χ4n) is 6.18. The zero-order valence-electron chi connectivity index (χ0n) is 25.8. The molecule has 3 aromatic heterocycles. The van der Waals surface area contributed by atoms with Gasteiger partial charge in [0.2, 0.25) is 5.91 Å². The smallest absolute Gasteiger partial charge is 0.434 e. The van der Waals surface area contributed by atoms with E-state index in [1.54, 1.807) is 12.1 Å². The minimum atomic E-state index is -4.95. The lowest BCUT2D eigenvalue weighted by molar-refractivity contribution is -0.143. The summed E-state index contributed by atoms with van der Waals surface area (Å²) in [6, 6.07) is 12.8. The molecular formula is C34H35F3N4O4S. The molecule has 46 heavy (non-hydrogen) atoms. The van der Waals surface area contributed by atoms with E-state index >= 15 is 0 Å². The van der Waals surface area contributed by atoms with E-state index in [2.05, 4.69) is 36.1 Å². The summed E-state index contributed by atoms with van der Waals surface area (Å²) < 4.78 is 48.3.